The lowest BCUT2D eigenvalue weighted by atomic mass is 9.67. The molecule has 1 heterocycles. The molecule has 2 nitrogen and oxygen atoms in total. The molecule has 12 aromatic rings. The van der Waals surface area contributed by atoms with Crippen LogP contribution in [0.5, 0.6) is 0 Å². The van der Waals surface area contributed by atoms with Gasteiger partial charge in [-0.15, -0.1) is 0 Å². The van der Waals surface area contributed by atoms with E-state index in [9.17, 15) is 0 Å². The standard InChI is InChI=1S/C70H48N2/c1-69(2)63-43-49(38-39-56(63)58-40-37-46-19-12-13-26-53(46)67(58)69)45-33-35-47(36-34-45)52-41-42-57(55-28-15-14-27-54(52)55)64-44-65(72-68(71-64)48-20-6-3-7-21-48)60-30-18-32-62-66(60)59-29-16-17-31-61(59)70(62,50-22-8-4-9-23-50)51-24-10-5-11-25-51/h3-44H,1-2H3. The fourth-order valence-corrected chi connectivity index (χ4v) is 12.5. The van der Waals surface area contributed by atoms with E-state index in [-0.39, 0.29) is 5.41 Å². The molecule has 72 heavy (non-hydrogen) atoms. The van der Waals surface area contributed by atoms with E-state index in [2.05, 4.69) is 263 Å². The summed E-state index contributed by atoms with van der Waals surface area (Å²) in [5.74, 6) is 0.695. The van der Waals surface area contributed by atoms with Crippen LogP contribution in [0.1, 0.15) is 47.2 Å². The highest BCUT2D eigenvalue weighted by atomic mass is 14.9. The maximum absolute atomic E-state index is 5.46. The van der Waals surface area contributed by atoms with Crippen molar-refractivity contribution in [2.75, 3.05) is 0 Å². The number of rotatable bonds is 7. The Bertz CT molecular complexity index is 4060. The Morgan fingerprint density at radius 3 is 1.57 bits per heavy atom. The molecule has 0 spiro atoms. The Labute approximate surface area is 420 Å². The van der Waals surface area contributed by atoms with Crippen LogP contribution in [0.2, 0.25) is 0 Å². The van der Waals surface area contributed by atoms with Crippen molar-refractivity contribution in [3.8, 4) is 78.4 Å². The molecule has 0 saturated carbocycles. The second kappa shape index (κ2) is 16.3. The van der Waals surface area contributed by atoms with E-state index in [4.69, 9.17) is 9.97 Å². The summed E-state index contributed by atoms with van der Waals surface area (Å²) in [7, 11) is 0. The summed E-state index contributed by atoms with van der Waals surface area (Å²) in [6, 6.07) is 93.2. The first-order valence-corrected chi connectivity index (χ1v) is 25.1. The zero-order valence-corrected chi connectivity index (χ0v) is 40.1. The summed E-state index contributed by atoms with van der Waals surface area (Å²) in [6.07, 6.45) is 0. The number of benzene rings is 11. The number of hydrogen-bond donors (Lipinski definition) is 0. The minimum Gasteiger partial charge on any atom is -0.228 e. The molecular weight excluding hydrogens is 869 g/mol. The molecule has 1 aromatic heterocycles. The van der Waals surface area contributed by atoms with Crippen molar-refractivity contribution in [3.05, 3.63) is 288 Å². The van der Waals surface area contributed by atoms with Gasteiger partial charge in [-0.05, 0) is 112 Å². The third-order valence-electron chi connectivity index (χ3n) is 15.8. The second-order valence-corrected chi connectivity index (χ2v) is 20.0. The van der Waals surface area contributed by atoms with Crippen LogP contribution >= 0.6 is 0 Å². The second-order valence-electron chi connectivity index (χ2n) is 20.0. The van der Waals surface area contributed by atoms with Gasteiger partial charge >= 0.3 is 0 Å². The van der Waals surface area contributed by atoms with Gasteiger partial charge in [0, 0.05) is 22.1 Å². The quantitative estimate of drug-likeness (QED) is 0.159. The van der Waals surface area contributed by atoms with Crippen molar-refractivity contribution in [2.24, 2.45) is 0 Å². The molecule has 0 radical (unpaired) electrons. The van der Waals surface area contributed by atoms with Crippen LogP contribution in [0.3, 0.4) is 0 Å². The maximum Gasteiger partial charge on any atom is 0.160 e. The lowest BCUT2D eigenvalue weighted by Gasteiger charge is -2.33. The van der Waals surface area contributed by atoms with E-state index in [1.54, 1.807) is 0 Å². The number of fused-ring (bicyclic) bond motifs is 9. The average Bonchev–Trinajstić information content (AvgIpc) is 3.89. The first-order valence-electron chi connectivity index (χ1n) is 25.1. The molecule has 0 aliphatic heterocycles. The van der Waals surface area contributed by atoms with Gasteiger partial charge in [0.2, 0.25) is 0 Å². The molecule has 0 atom stereocenters. The van der Waals surface area contributed by atoms with Gasteiger partial charge in [-0.3, -0.25) is 0 Å². The predicted octanol–water partition coefficient (Wildman–Crippen LogP) is 17.8. The van der Waals surface area contributed by atoms with Gasteiger partial charge in [-0.1, -0.05) is 257 Å². The highest BCUT2D eigenvalue weighted by Crippen LogP contribution is 2.58. The van der Waals surface area contributed by atoms with E-state index in [0.29, 0.717) is 5.82 Å². The fraction of sp³-hybridized carbons (Fsp3) is 0.0571. The van der Waals surface area contributed by atoms with Crippen molar-refractivity contribution in [2.45, 2.75) is 24.7 Å². The van der Waals surface area contributed by atoms with Gasteiger partial charge in [0.05, 0.1) is 16.8 Å². The molecule has 0 N–H and O–H groups in total. The molecule has 11 aromatic carbocycles. The molecule has 2 heteroatoms. The zero-order valence-electron chi connectivity index (χ0n) is 40.1. The first kappa shape index (κ1) is 41.9. The van der Waals surface area contributed by atoms with Crippen LogP contribution in [0, 0.1) is 0 Å². The molecular formula is C70H48N2. The Balaban J connectivity index is 0.885. The summed E-state index contributed by atoms with van der Waals surface area (Å²) in [5, 5.41) is 4.96. The topological polar surface area (TPSA) is 25.8 Å². The molecule has 338 valence electrons. The van der Waals surface area contributed by atoms with Crippen molar-refractivity contribution in [1.82, 2.24) is 9.97 Å². The van der Waals surface area contributed by atoms with Crippen LogP contribution in [-0.2, 0) is 10.8 Å². The SMILES string of the molecule is CC1(C)c2cc(-c3ccc(-c4ccc(-c5cc(-c6cccc7c6-c6ccccc6C7(c6ccccc6)c6ccccc6)nc(-c6ccccc6)n5)c5ccccc45)cc3)ccc2-c2ccc3ccccc3c21. The van der Waals surface area contributed by atoms with Gasteiger partial charge in [0.15, 0.2) is 5.82 Å². The van der Waals surface area contributed by atoms with E-state index in [0.717, 1.165) is 33.5 Å². The summed E-state index contributed by atoms with van der Waals surface area (Å²) < 4.78 is 0. The lowest BCUT2D eigenvalue weighted by molar-refractivity contribution is 0.666. The summed E-state index contributed by atoms with van der Waals surface area (Å²) >= 11 is 0. The molecule has 2 aliphatic carbocycles. The molecule has 2 aliphatic rings. The largest absolute Gasteiger partial charge is 0.228 e. The first-order chi connectivity index (χ1) is 35.5. The molecule has 0 unspecified atom stereocenters. The van der Waals surface area contributed by atoms with Gasteiger partial charge in [-0.2, -0.15) is 0 Å². The Hall–Kier alpha value is -8.98. The van der Waals surface area contributed by atoms with E-state index in [1.165, 1.54) is 94.0 Å². The zero-order chi connectivity index (χ0) is 48.0. The highest BCUT2D eigenvalue weighted by molar-refractivity contribution is 6.05. The molecule has 0 bridgehead atoms. The summed E-state index contributed by atoms with van der Waals surface area (Å²) in [5.41, 5.74) is 22.0. The summed E-state index contributed by atoms with van der Waals surface area (Å²) in [6.45, 7) is 4.76. The van der Waals surface area contributed by atoms with E-state index < -0.39 is 5.41 Å². The normalized spacial score (nSPS) is 13.6. The van der Waals surface area contributed by atoms with Gasteiger partial charge in [0.25, 0.3) is 0 Å². The van der Waals surface area contributed by atoms with Crippen LogP contribution in [0.15, 0.2) is 255 Å². The third kappa shape index (κ3) is 6.28. The average molecular weight is 917 g/mol. The predicted molar refractivity (Wildman–Crippen MR) is 299 cm³/mol. The number of aromatic nitrogens is 2. The van der Waals surface area contributed by atoms with Crippen molar-refractivity contribution < 1.29 is 0 Å². The monoisotopic (exact) mass is 916 g/mol. The molecule has 0 fully saturated rings. The van der Waals surface area contributed by atoms with Crippen molar-refractivity contribution >= 4 is 21.5 Å². The van der Waals surface area contributed by atoms with Gasteiger partial charge < -0.3 is 0 Å². The Morgan fingerprint density at radius 2 is 0.833 bits per heavy atom. The number of nitrogens with zero attached hydrogens (tertiary/aromatic N) is 2. The van der Waals surface area contributed by atoms with Crippen molar-refractivity contribution in [3.63, 3.8) is 0 Å². The molecule has 14 rings (SSSR count). The maximum atomic E-state index is 5.46. The minimum absolute atomic E-state index is 0.113. The minimum atomic E-state index is -0.521. The Kier molecular flexibility index (Phi) is 9.50. The third-order valence-corrected chi connectivity index (χ3v) is 15.8. The summed E-state index contributed by atoms with van der Waals surface area (Å²) in [4.78, 5) is 10.9. The van der Waals surface area contributed by atoms with Crippen LogP contribution in [0.4, 0.5) is 0 Å². The smallest absolute Gasteiger partial charge is 0.160 e. The van der Waals surface area contributed by atoms with Crippen LogP contribution < -0.4 is 0 Å². The number of hydrogen-bond acceptors (Lipinski definition) is 2. The molecule has 0 amide bonds. The Morgan fingerprint density at radius 1 is 0.306 bits per heavy atom. The van der Waals surface area contributed by atoms with Crippen LogP contribution in [0.25, 0.3) is 100.0 Å². The van der Waals surface area contributed by atoms with Gasteiger partial charge in [0.1, 0.15) is 0 Å². The lowest BCUT2D eigenvalue weighted by Crippen LogP contribution is -2.28. The fourth-order valence-electron chi connectivity index (χ4n) is 12.5. The van der Waals surface area contributed by atoms with E-state index >= 15 is 0 Å². The van der Waals surface area contributed by atoms with E-state index in [1.807, 2.05) is 6.07 Å². The highest BCUT2D eigenvalue weighted by Gasteiger charge is 2.47. The van der Waals surface area contributed by atoms with Crippen LogP contribution in [-0.4, -0.2) is 9.97 Å². The van der Waals surface area contributed by atoms with Crippen molar-refractivity contribution in [1.29, 1.82) is 0 Å². The molecule has 0 saturated heterocycles. The van der Waals surface area contributed by atoms with Gasteiger partial charge in [-0.25, -0.2) is 9.97 Å².